The Balaban J connectivity index is 2.44. The van der Waals surface area contributed by atoms with Gasteiger partial charge >= 0.3 is 0 Å². The third kappa shape index (κ3) is 2.70. The fourth-order valence-corrected chi connectivity index (χ4v) is 3.36. The van der Waals surface area contributed by atoms with Crippen LogP contribution in [0.5, 0.6) is 0 Å². The molecule has 1 aliphatic heterocycles. The molecular formula is C18H28N2. The van der Waals surface area contributed by atoms with Crippen LogP contribution >= 0.6 is 0 Å². The second-order valence-corrected chi connectivity index (χ2v) is 5.98. The summed E-state index contributed by atoms with van der Waals surface area (Å²) in [7, 11) is 0. The van der Waals surface area contributed by atoms with Crippen LogP contribution in [0.3, 0.4) is 0 Å². The highest BCUT2D eigenvalue weighted by Gasteiger charge is 2.26. The van der Waals surface area contributed by atoms with Gasteiger partial charge in [-0.15, -0.1) is 0 Å². The highest BCUT2D eigenvalue weighted by molar-refractivity contribution is 5.62. The summed E-state index contributed by atoms with van der Waals surface area (Å²) in [5, 5.41) is 0. The molecule has 0 aliphatic carbocycles. The van der Waals surface area contributed by atoms with E-state index in [9.17, 15) is 0 Å². The first kappa shape index (κ1) is 15.0. The number of hydrogen-bond donors (Lipinski definition) is 0. The first-order valence-corrected chi connectivity index (χ1v) is 7.77. The van der Waals surface area contributed by atoms with Gasteiger partial charge in [0, 0.05) is 25.0 Å². The summed E-state index contributed by atoms with van der Waals surface area (Å²) < 4.78 is 0. The molecule has 0 fully saturated rings. The average molecular weight is 272 g/mol. The van der Waals surface area contributed by atoms with Gasteiger partial charge in [-0.05, 0) is 57.7 Å². The minimum Gasteiger partial charge on any atom is -0.358 e. The largest absolute Gasteiger partial charge is 0.358 e. The SMILES string of the molecule is CCC1=CN(CC)C(C)N(c2c(C)cc(C)cc2C)C1. The molecule has 110 valence electrons. The zero-order chi connectivity index (χ0) is 14.9. The van der Waals surface area contributed by atoms with E-state index >= 15 is 0 Å². The molecule has 1 aromatic rings. The van der Waals surface area contributed by atoms with Gasteiger partial charge in [-0.25, -0.2) is 0 Å². The predicted molar refractivity (Wildman–Crippen MR) is 88.2 cm³/mol. The topological polar surface area (TPSA) is 6.48 Å². The van der Waals surface area contributed by atoms with Crippen molar-refractivity contribution in [2.45, 2.75) is 54.1 Å². The van der Waals surface area contributed by atoms with E-state index in [1.165, 1.54) is 28.0 Å². The predicted octanol–water partition coefficient (Wildman–Crippen LogP) is 4.39. The van der Waals surface area contributed by atoms with Crippen molar-refractivity contribution < 1.29 is 0 Å². The van der Waals surface area contributed by atoms with Gasteiger partial charge in [0.15, 0.2) is 0 Å². The Morgan fingerprint density at radius 1 is 1.10 bits per heavy atom. The lowest BCUT2D eigenvalue weighted by atomic mass is 10.0. The van der Waals surface area contributed by atoms with E-state index < -0.39 is 0 Å². The average Bonchev–Trinajstić information content (AvgIpc) is 2.39. The standard InChI is InChI=1S/C18H28N2/c1-7-17-11-19(8-2)16(6)20(12-17)18-14(4)9-13(3)10-15(18)5/h9-11,16H,7-8,12H2,1-6H3. The van der Waals surface area contributed by atoms with Crippen molar-refractivity contribution in [2.24, 2.45) is 0 Å². The minimum atomic E-state index is 0.426. The Morgan fingerprint density at radius 3 is 2.20 bits per heavy atom. The van der Waals surface area contributed by atoms with Gasteiger partial charge in [0.1, 0.15) is 0 Å². The Kier molecular flexibility index (Phi) is 4.42. The quantitative estimate of drug-likeness (QED) is 0.805. The fraction of sp³-hybridized carbons (Fsp3) is 0.556. The summed E-state index contributed by atoms with van der Waals surface area (Å²) in [5.74, 6) is 0. The van der Waals surface area contributed by atoms with Crippen LogP contribution in [-0.4, -0.2) is 24.2 Å². The van der Waals surface area contributed by atoms with Crippen LogP contribution in [0.1, 0.15) is 43.9 Å². The molecule has 2 heteroatoms. The third-order valence-corrected chi connectivity index (χ3v) is 4.39. The first-order chi connectivity index (χ1) is 9.47. The first-order valence-electron chi connectivity index (χ1n) is 7.77. The van der Waals surface area contributed by atoms with E-state index in [1.807, 2.05) is 0 Å². The molecule has 0 spiro atoms. The van der Waals surface area contributed by atoms with Crippen molar-refractivity contribution in [1.29, 1.82) is 0 Å². The molecule has 0 saturated carbocycles. The van der Waals surface area contributed by atoms with E-state index in [2.05, 4.69) is 69.7 Å². The molecule has 0 bridgehead atoms. The number of benzene rings is 1. The summed E-state index contributed by atoms with van der Waals surface area (Å²) in [4.78, 5) is 5.01. The van der Waals surface area contributed by atoms with Crippen LogP contribution in [0.4, 0.5) is 5.69 Å². The van der Waals surface area contributed by atoms with Crippen molar-refractivity contribution in [3.63, 3.8) is 0 Å². The molecule has 1 unspecified atom stereocenters. The highest BCUT2D eigenvalue weighted by Crippen LogP contribution is 2.32. The maximum absolute atomic E-state index is 2.56. The van der Waals surface area contributed by atoms with Gasteiger partial charge in [-0.2, -0.15) is 0 Å². The zero-order valence-corrected chi connectivity index (χ0v) is 13.8. The van der Waals surface area contributed by atoms with Gasteiger partial charge in [-0.3, -0.25) is 0 Å². The van der Waals surface area contributed by atoms with Crippen molar-refractivity contribution in [3.05, 3.63) is 40.6 Å². The highest BCUT2D eigenvalue weighted by atomic mass is 15.4. The molecule has 0 amide bonds. The molecule has 1 aromatic carbocycles. The molecule has 0 radical (unpaired) electrons. The van der Waals surface area contributed by atoms with Gasteiger partial charge in [0.2, 0.25) is 0 Å². The van der Waals surface area contributed by atoms with Crippen LogP contribution in [0.2, 0.25) is 0 Å². The Labute approximate surface area is 124 Å². The smallest absolute Gasteiger partial charge is 0.0985 e. The second kappa shape index (κ2) is 5.90. The fourth-order valence-electron chi connectivity index (χ4n) is 3.36. The van der Waals surface area contributed by atoms with E-state index in [0.717, 1.165) is 19.5 Å². The molecule has 2 rings (SSSR count). The van der Waals surface area contributed by atoms with E-state index in [-0.39, 0.29) is 0 Å². The van der Waals surface area contributed by atoms with Gasteiger partial charge in [0.05, 0.1) is 6.17 Å². The van der Waals surface area contributed by atoms with Crippen molar-refractivity contribution >= 4 is 5.69 Å². The van der Waals surface area contributed by atoms with Crippen molar-refractivity contribution in [3.8, 4) is 0 Å². The Hall–Kier alpha value is -1.44. The maximum atomic E-state index is 2.56. The second-order valence-electron chi connectivity index (χ2n) is 5.98. The zero-order valence-electron chi connectivity index (χ0n) is 13.8. The molecule has 1 heterocycles. The maximum Gasteiger partial charge on any atom is 0.0985 e. The molecule has 1 aliphatic rings. The lowest BCUT2D eigenvalue weighted by Gasteiger charge is -2.44. The van der Waals surface area contributed by atoms with Gasteiger partial charge < -0.3 is 9.80 Å². The lowest BCUT2D eigenvalue weighted by molar-refractivity contribution is 0.280. The van der Waals surface area contributed by atoms with Crippen LogP contribution < -0.4 is 4.90 Å². The Bertz CT molecular complexity index is 493. The summed E-state index contributed by atoms with van der Waals surface area (Å²) in [5.41, 5.74) is 7.07. The number of hydrogen-bond acceptors (Lipinski definition) is 2. The molecule has 0 N–H and O–H groups in total. The van der Waals surface area contributed by atoms with E-state index in [0.29, 0.717) is 6.17 Å². The Morgan fingerprint density at radius 2 is 1.70 bits per heavy atom. The van der Waals surface area contributed by atoms with Crippen LogP contribution in [0.15, 0.2) is 23.9 Å². The molecule has 2 nitrogen and oxygen atoms in total. The van der Waals surface area contributed by atoms with E-state index in [1.54, 1.807) is 0 Å². The summed E-state index contributed by atoms with van der Waals surface area (Å²) in [6.45, 7) is 15.6. The number of anilines is 1. The summed E-state index contributed by atoms with van der Waals surface area (Å²) in [6, 6.07) is 4.60. The van der Waals surface area contributed by atoms with Gasteiger partial charge in [-0.1, -0.05) is 24.6 Å². The molecule has 0 aromatic heterocycles. The summed E-state index contributed by atoms with van der Waals surface area (Å²) in [6.07, 6.45) is 3.92. The van der Waals surface area contributed by atoms with Crippen molar-refractivity contribution in [1.82, 2.24) is 4.90 Å². The number of nitrogens with zero attached hydrogens (tertiary/aromatic N) is 2. The molecular weight excluding hydrogens is 244 g/mol. The summed E-state index contributed by atoms with van der Waals surface area (Å²) >= 11 is 0. The number of aryl methyl sites for hydroxylation is 3. The minimum absolute atomic E-state index is 0.426. The number of rotatable bonds is 3. The monoisotopic (exact) mass is 272 g/mol. The van der Waals surface area contributed by atoms with Gasteiger partial charge in [0.25, 0.3) is 0 Å². The lowest BCUT2D eigenvalue weighted by Crippen LogP contribution is -2.49. The van der Waals surface area contributed by atoms with Crippen molar-refractivity contribution in [2.75, 3.05) is 18.0 Å². The van der Waals surface area contributed by atoms with E-state index in [4.69, 9.17) is 0 Å². The normalized spacial score (nSPS) is 19.3. The van der Waals surface area contributed by atoms with Crippen LogP contribution in [0.25, 0.3) is 0 Å². The molecule has 0 saturated heterocycles. The molecule has 1 atom stereocenters. The van der Waals surface area contributed by atoms with Crippen LogP contribution in [-0.2, 0) is 0 Å². The van der Waals surface area contributed by atoms with Crippen LogP contribution in [0, 0.1) is 20.8 Å². The third-order valence-electron chi connectivity index (χ3n) is 4.39. The molecule has 20 heavy (non-hydrogen) atoms.